The summed E-state index contributed by atoms with van der Waals surface area (Å²) in [6.07, 6.45) is 0. The Bertz CT molecular complexity index is 327. The number of rotatable bonds is 3. The Morgan fingerprint density at radius 2 is 2.43 bits per heavy atom. The van der Waals surface area contributed by atoms with E-state index in [2.05, 4.69) is 16.4 Å². The van der Waals surface area contributed by atoms with Crippen LogP contribution in [0.2, 0.25) is 0 Å². The van der Waals surface area contributed by atoms with Crippen LogP contribution in [0.4, 0.5) is 5.82 Å². The third-order valence-corrected chi connectivity index (χ3v) is 2.31. The van der Waals surface area contributed by atoms with Crippen LogP contribution < -0.4 is 11.1 Å². The molecule has 0 saturated heterocycles. The van der Waals surface area contributed by atoms with Crippen molar-refractivity contribution in [2.45, 2.75) is 26.2 Å². The van der Waals surface area contributed by atoms with E-state index in [0.717, 1.165) is 11.5 Å². The van der Waals surface area contributed by atoms with Crippen LogP contribution in [0.3, 0.4) is 0 Å². The molecule has 1 aromatic rings. The maximum absolute atomic E-state index is 5.52. The predicted octanol–water partition coefficient (Wildman–Crippen LogP) is 0.871. The van der Waals surface area contributed by atoms with Crippen LogP contribution in [0, 0.1) is 0 Å². The molecular weight excluding hydrogens is 178 g/mol. The van der Waals surface area contributed by atoms with Gasteiger partial charge in [-0.15, -0.1) is 0 Å². The lowest BCUT2D eigenvalue weighted by Gasteiger charge is -2.12. The monoisotopic (exact) mass is 193 g/mol. The number of hydrogen-bond acceptors (Lipinski definition) is 4. The topological polar surface area (TPSA) is 60.2 Å². The molecule has 1 unspecified atom stereocenters. The second kappa shape index (κ2) is 3.94. The van der Waals surface area contributed by atoms with Gasteiger partial charge in [-0.3, -0.25) is 0 Å². The minimum absolute atomic E-state index is 0.253. The molecule has 0 saturated carbocycles. The first-order chi connectivity index (χ1) is 6.79. The molecule has 0 spiro atoms. The second-order valence-electron chi connectivity index (χ2n) is 3.58. The van der Waals surface area contributed by atoms with Crippen molar-refractivity contribution < 1.29 is 4.74 Å². The van der Waals surface area contributed by atoms with E-state index in [1.807, 2.05) is 13.0 Å². The second-order valence-corrected chi connectivity index (χ2v) is 3.58. The van der Waals surface area contributed by atoms with Gasteiger partial charge in [-0.1, -0.05) is 6.07 Å². The number of hydrogen-bond donors (Lipinski definition) is 2. The van der Waals surface area contributed by atoms with Crippen LogP contribution in [0.15, 0.2) is 12.1 Å². The molecule has 1 aliphatic rings. The lowest BCUT2D eigenvalue weighted by molar-refractivity contribution is 0.133. The van der Waals surface area contributed by atoms with Crippen molar-refractivity contribution in [2.24, 2.45) is 5.73 Å². The highest BCUT2D eigenvalue weighted by Gasteiger charge is 2.13. The SMILES string of the molecule is CC(CN)Nc1ccc2c(n1)COC2. The standard InChI is InChI=1S/C10H15N3O/c1-7(4-11)12-10-3-2-8-5-14-6-9(8)13-10/h2-3,7H,4-6,11H2,1H3,(H,12,13). The van der Waals surface area contributed by atoms with Gasteiger partial charge in [-0.2, -0.15) is 0 Å². The van der Waals surface area contributed by atoms with Crippen LogP contribution >= 0.6 is 0 Å². The van der Waals surface area contributed by atoms with Crippen LogP contribution in [0.1, 0.15) is 18.2 Å². The predicted molar refractivity (Wildman–Crippen MR) is 54.9 cm³/mol. The third-order valence-electron chi connectivity index (χ3n) is 2.31. The first-order valence-electron chi connectivity index (χ1n) is 4.82. The average molecular weight is 193 g/mol. The number of nitrogens with one attached hydrogen (secondary N) is 1. The molecule has 2 rings (SSSR count). The number of fused-ring (bicyclic) bond motifs is 1. The quantitative estimate of drug-likeness (QED) is 0.747. The summed E-state index contributed by atoms with van der Waals surface area (Å²) >= 11 is 0. The maximum atomic E-state index is 5.52. The van der Waals surface area contributed by atoms with Gasteiger partial charge in [0.1, 0.15) is 5.82 Å². The van der Waals surface area contributed by atoms with E-state index in [0.29, 0.717) is 19.8 Å². The zero-order valence-corrected chi connectivity index (χ0v) is 8.29. The third kappa shape index (κ3) is 1.86. The van der Waals surface area contributed by atoms with Crippen molar-refractivity contribution in [3.8, 4) is 0 Å². The Balaban J connectivity index is 2.12. The van der Waals surface area contributed by atoms with Crippen LogP contribution in [-0.4, -0.2) is 17.6 Å². The first-order valence-corrected chi connectivity index (χ1v) is 4.82. The van der Waals surface area contributed by atoms with Gasteiger partial charge in [-0.25, -0.2) is 4.98 Å². The van der Waals surface area contributed by atoms with Crippen molar-refractivity contribution >= 4 is 5.82 Å². The molecule has 1 aromatic heterocycles. The number of anilines is 1. The zero-order valence-electron chi connectivity index (χ0n) is 8.29. The van der Waals surface area contributed by atoms with E-state index < -0.39 is 0 Å². The maximum Gasteiger partial charge on any atom is 0.126 e. The number of nitrogens with zero attached hydrogens (tertiary/aromatic N) is 1. The Labute approximate surface area is 83.5 Å². The van der Waals surface area contributed by atoms with Crippen LogP contribution in [-0.2, 0) is 18.0 Å². The van der Waals surface area contributed by atoms with E-state index in [-0.39, 0.29) is 6.04 Å². The normalized spacial score (nSPS) is 16.4. The molecule has 0 aromatic carbocycles. The Morgan fingerprint density at radius 1 is 1.57 bits per heavy atom. The molecule has 0 radical (unpaired) electrons. The lowest BCUT2D eigenvalue weighted by atomic mass is 10.2. The van der Waals surface area contributed by atoms with E-state index in [9.17, 15) is 0 Å². The molecule has 0 fully saturated rings. The molecule has 1 atom stereocenters. The molecule has 0 aliphatic carbocycles. The van der Waals surface area contributed by atoms with Gasteiger partial charge in [-0.05, 0) is 13.0 Å². The molecule has 14 heavy (non-hydrogen) atoms. The molecule has 0 bridgehead atoms. The van der Waals surface area contributed by atoms with Crippen molar-refractivity contribution in [1.29, 1.82) is 0 Å². The van der Waals surface area contributed by atoms with Gasteiger partial charge in [0.15, 0.2) is 0 Å². The van der Waals surface area contributed by atoms with Gasteiger partial charge in [0.2, 0.25) is 0 Å². The number of pyridine rings is 1. The molecule has 4 heteroatoms. The van der Waals surface area contributed by atoms with E-state index in [1.54, 1.807) is 0 Å². The summed E-state index contributed by atoms with van der Waals surface area (Å²) in [5.41, 5.74) is 7.75. The van der Waals surface area contributed by atoms with E-state index >= 15 is 0 Å². The van der Waals surface area contributed by atoms with Crippen molar-refractivity contribution in [3.63, 3.8) is 0 Å². The summed E-state index contributed by atoms with van der Waals surface area (Å²) < 4.78 is 5.29. The van der Waals surface area contributed by atoms with Crippen molar-refractivity contribution in [3.05, 3.63) is 23.4 Å². The summed E-state index contributed by atoms with van der Waals surface area (Å²) in [6.45, 7) is 3.96. The van der Waals surface area contributed by atoms with Crippen LogP contribution in [0.5, 0.6) is 0 Å². The summed E-state index contributed by atoms with van der Waals surface area (Å²) in [4.78, 5) is 4.45. The molecule has 4 nitrogen and oxygen atoms in total. The van der Waals surface area contributed by atoms with E-state index in [4.69, 9.17) is 10.5 Å². The highest BCUT2D eigenvalue weighted by molar-refractivity contribution is 5.40. The number of nitrogens with two attached hydrogens (primary N) is 1. The van der Waals surface area contributed by atoms with E-state index in [1.165, 1.54) is 5.56 Å². The lowest BCUT2D eigenvalue weighted by Crippen LogP contribution is -2.25. The minimum Gasteiger partial charge on any atom is -0.370 e. The van der Waals surface area contributed by atoms with Crippen molar-refractivity contribution in [1.82, 2.24) is 4.98 Å². The molecule has 76 valence electrons. The van der Waals surface area contributed by atoms with Gasteiger partial charge < -0.3 is 15.8 Å². The molecule has 1 aliphatic heterocycles. The average Bonchev–Trinajstić information content (AvgIpc) is 2.64. The number of aromatic nitrogens is 1. The van der Waals surface area contributed by atoms with Gasteiger partial charge in [0, 0.05) is 18.2 Å². The van der Waals surface area contributed by atoms with Gasteiger partial charge >= 0.3 is 0 Å². The summed E-state index contributed by atoms with van der Waals surface area (Å²) in [5, 5.41) is 3.23. The molecule has 0 amide bonds. The summed E-state index contributed by atoms with van der Waals surface area (Å²) in [5.74, 6) is 0.882. The van der Waals surface area contributed by atoms with Crippen molar-refractivity contribution in [2.75, 3.05) is 11.9 Å². The smallest absolute Gasteiger partial charge is 0.126 e. The minimum atomic E-state index is 0.253. The Hall–Kier alpha value is -1.13. The summed E-state index contributed by atoms with van der Waals surface area (Å²) in [7, 11) is 0. The van der Waals surface area contributed by atoms with Gasteiger partial charge in [0.05, 0.1) is 18.9 Å². The first kappa shape index (κ1) is 9.43. The fourth-order valence-corrected chi connectivity index (χ4v) is 1.44. The summed E-state index contributed by atoms with van der Waals surface area (Å²) in [6, 6.07) is 4.28. The highest BCUT2D eigenvalue weighted by Crippen LogP contribution is 2.19. The van der Waals surface area contributed by atoms with Gasteiger partial charge in [0.25, 0.3) is 0 Å². The Morgan fingerprint density at radius 3 is 3.21 bits per heavy atom. The number of ether oxygens (including phenoxy) is 1. The van der Waals surface area contributed by atoms with Crippen LogP contribution in [0.25, 0.3) is 0 Å². The highest BCUT2D eigenvalue weighted by atomic mass is 16.5. The largest absolute Gasteiger partial charge is 0.370 e. The fourth-order valence-electron chi connectivity index (χ4n) is 1.44. The Kier molecular flexibility index (Phi) is 2.65. The zero-order chi connectivity index (χ0) is 9.97. The molecule has 3 N–H and O–H groups in total. The molecule has 2 heterocycles. The molecular formula is C10H15N3O. The fraction of sp³-hybridized carbons (Fsp3) is 0.500.